The SMILES string of the molecule is CC(C)CC(CN)NC(=O)c1cc(C2CC2)nc2onc(C(C)C)c12.Cl. The van der Waals surface area contributed by atoms with Crippen molar-refractivity contribution in [1.29, 1.82) is 0 Å². The van der Waals surface area contributed by atoms with E-state index in [4.69, 9.17) is 10.3 Å². The standard InChI is InChI=1S/C19H28N4O2.ClH/c1-10(2)7-13(9-20)21-18(24)14-8-15(12-5-6-12)22-19-16(14)17(11(3)4)23-25-19;/h8,10-13H,5-7,9,20H2,1-4H3,(H,21,24);1H. The van der Waals surface area contributed by atoms with E-state index in [0.717, 1.165) is 36.0 Å². The molecule has 1 atom stereocenters. The molecule has 0 aliphatic heterocycles. The zero-order valence-corrected chi connectivity index (χ0v) is 16.7. The van der Waals surface area contributed by atoms with Crippen molar-refractivity contribution in [3.63, 3.8) is 0 Å². The van der Waals surface area contributed by atoms with E-state index < -0.39 is 0 Å². The Morgan fingerprint density at radius 2 is 2.04 bits per heavy atom. The Bertz CT molecular complexity index is 768. The number of amides is 1. The van der Waals surface area contributed by atoms with Gasteiger partial charge in [-0.15, -0.1) is 12.4 Å². The van der Waals surface area contributed by atoms with Crippen LogP contribution in [0.5, 0.6) is 0 Å². The van der Waals surface area contributed by atoms with Gasteiger partial charge in [-0.25, -0.2) is 4.98 Å². The van der Waals surface area contributed by atoms with E-state index in [1.807, 2.05) is 19.9 Å². The van der Waals surface area contributed by atoms with Crippen molar-refractivity contribution in [2.24, 2.45) is 11.7 Å². The van der Waals surface area contributed by atoms with Crippen molar-refractivity contribution in [2.75, 3.05) is 6.54 Å². The van der Waals surface area contributed by atoms with Gasteiger partial charge in [0.1, 0.15) is 0 Å². The maximum Gasteiger partial charge on any atom is 0.259 e. The molecular formula is C19H29ClN4O2. The zero-order valence-electron chi connectivity index (χ0n) is 15.9. The first-order valence-electron chi connectivity index (χ1n) is 9.21. The molecule has 144 valence electrons. The van der Waals surface area contributed by atoms with Crippen LogP contribution in [0.3, 0.4) is 0 Å². The van der Waals surface area contributed by atoms with Crippen molar-refractivity contribution < 1.29 is 9.32 Å². The van der Waals surface area contributed by atoms with Gasteiger partial charge in [0, 0.05) is 24.2 Å². The molecule has 1 saturated carbocycles. The van der Waals surface area contributed by atoms with E-state index in [9.17, 15) is 4.79 Å². The van der Waals surface area contributed by atoms with Gasteiger partial charge in [-0.2, -0.15) is 0 Å². The molecule has 1 amide bonds. The average Bonchev–Trinajstić information content (AvgIpc) is 3.31. The summed E-state index contributed by atoms with van der Waals surface area (Å²) in [6.07, 6.45) is 3.08. The van der Waals surface area contributed by atoms with E-state index in [2.05, 4.69) is 29.3 Å². The minimum absolute atomic E-state index is 0. The first-order valence-corrected chi connectivity index (χ1v) is 9.21. The number of hydrogen-bond acceptors (Lipinski definition) is 5. The lowest BCUT2D eigenvalue weighted by Gasteiger charge is -2.19. The number of hydrogen-bond donors (Lipinski definition) is 2. The number of carbonyl (C=O) groups is 1. The molecule has 26 heavy (non-hydrogen) atoms. The Hall–Kier alpha value is -1.66. The number of nitrogens with one attached hydrogen (secondary N) is 1. The maximum atomic E-state index is 13.0. The molecule has 0 saturated heterocycles. The van der Waals surface area contributed by atoms with Crippen LogP contribution in [0.1, 0.15) is 80.5 Å². The second-order valence-corrected chi connectivity index (χ2v) is 7.81. The number of nitrogens with zero attached hydrogens (tertiary/aromatic N) is 2. The molecule has 3 N–H and O–H groups in total. The van der Waals surface area contributed by atoms with Gasteiger partial charge in [0.05, 0.1) is 16.6 Å². The summed E-state index contributed by atoms with van der Waals surface area (Å²) >= 11 is 0. The molecule has 0 bridgehead atoms. The van der Waals surface area contributed by atoms with Crippen LogP contribution >= 0.6 is 12.4 Å². The van der Waals surface area contributed by atoms with Crippen LogP contribution in [-0.2, 0) is 0 Å². The number of rotatable bonds is 7. The van der Waals surface area contributed by atoms with Crippen LogP contribution in [-0.4, -0.2) is 28.6 Å². The Morgan fingerprint density at radius 3 is 2.58 bits per heavy atom. The third-order valence-corrected chi connectivity index (χ3v) is 4.66. The minimum Gasteiger partial charge on any atom is -0.348 e. The Balaban J connectivity index is 0.00000243. The smallest absolute Gasteiger partial charge is 0.259 e. The fourth-order valence-corrected chi connectivity index (χ4v) is 3.20. The molecule has 6 nitrogen and oxygen atoms in total. The van der Waals surface area contributed by atoms with Crippen molar-refractivity contribution in [2.45, 2.75) is 64.8 Å². The van der Waals surface area contributed by atoms with Crippen LogP contribution in [0.4, 0.5) is 0 Å². The molecule has 1 aliphatic rings. The number of aromatic nitrogens is 2. The number of fused-ring (bicyclic) bond motifs is 1. The fraction of sp³-hybridized carbons (Fsp3) is 0.632. The molecular weight excluding hydrogens is 352 g/mol. The van der Waals surface area contributed by atoms with Crippen LogP contribution in [0.2, 0.25) is 0 Å². The number of pyridine rings is 1. The van der Waals surface area contributed by atoms with E-state index in [1.165, 1.54) is 0 Å². The summed E-state index contributed by atoms with van der Waals surface area (Å²) in [5, 5.41) is 7.99. The van der Waals surface area contributed by atoms with Crippen molar-refractivity contribution in [1.82, 2.24) is 15.5 Å². The number of carbonyl (C=O) groups excluding carboxylic acids is 1. The molecule has 2 heterocycles. The molecule has 3 rings (SSSR count). The molecule has 0 radical (unpaired) electrons. The molecule has 2 aromatic heterocycles. The summed E-state index contributed by atoms with van der Waals surface area (Å²) < 4.78 is 5.45. The van der Waals surface area contributed by atoms with Crippen LogP contribution in [0.15, 0.2) is 10.6 Å². The molecule has 0 aromatic carbocycles. The van der Waals surface area contributed by atoms with Crippen LogP contribution in [0, 0.1) is 5.92 Å². The summed E-state index contributed by atoms with van der Waals surface area (Å²) in [5.74, 6) is 0.942. The predicted molar refractivity (Wildman–Crippen MR) is 105 cm³/mol. The van der Waals surface area contributed by atoms with E-state index in [-0.39, 0.29) is 30.3 Å². The molecule has 7 heteroatoms. The number of nitrogens with two attached hydrogens (primary N) is 1. The lowest BCUT2D eigenvalue weighted by molar-refractivity contribution is 0.0935. The quantitative estimate of drug-likeness (QED) is 0.762. The second kappa shape index (κ2) is 8.35. The third kappa shape index (κ3) is 4.35. The molecule has 2 aromatic rings. The van der Waals surface area contributed by atoms with Gasteiger partial charge in [0.2, 0.25) is 0 Å². The molecule has 0 spiro atoms. The number of halogens is 1. The average molecular weight is 381 g/mol. The highest BCUT2D eigenvalue weighted by Crippen LogP contribution is 2.41. The highest BCUT2D eigenvalue weighted by molar-refractivity contribution is 6.06. The van der Waals surface area contributed by atoms with Gasteiger partial charge < -0.3 is 15.6 Å². The Morgan fingerprint density at radius 1 is 1.35 bits per heavy atom. The van der Waals surface area contributed by atoms with Gasteiger partial charge in [-0.1, -0.05) is 32.9 Å². The van der Waals surface area contributed by atoms with Crippen LogP contribution < -0.4 is 11.1 Å². The van der Waals surface area contributed by atoms with E-state index in [1.54, 1.807) is 0 Å². The summed E-state index contributed by atoms with van der Waals surface area (Å²) in [5.41, 5.74) is 8.63. The zero-order chi connectivity index (χ0) is 18.1. The summed E-state index contributed by atoms with van der Waals surface area (Å²) in [6, 6.07) is 1.88. The van der Waals surface area contributed by atoms with Gasteiger partial charge >= 0.3 is 0 Å². The van der Waals surface area contributed by atoms with E-state index in [0.29, 0.717) is 29.7 Å². The first kappa shape index (κ1) is 20.6. The monoisotopic (exact) mass is 380 g/mol. The Labute approximate surface area is 160 Å². The van der Waals surface area contributed by atoms with E-state index >= 15 is 0 Å². The topological polar surface area (TPSA) is 94.0 Å². The second-order valence-electron chi connectivity index (χ2n) is 7.81. The van der Waals surface area contributed by atoms with Crippen LogP contribution in [0.25, 0.3) is 11.1 Å². The summed E-state index contributed by atoms with van der Waals surface area (Å²) in [6.45, 7) is 8.75. The highest BCUT2D eigenvalue weighted by atomic mass is 35.5. The summed E-state index contributed by atoms with van der Waals surface area (Å²) in [4.78, 5) is 17.6. The van der Waals surface area contributed by atoms with Gasteiger partial charge in [0.15, 0.2) is 0 Å². The highest BCUT2D eigenvalue weighted by Gasteiger charge is 2.30. The molecule has 1 unspecified atom stereocenters. The first-order chi connectivity index (χ1) is 11.9. The lowest BCUT2D eigenvalue weighted by Crippen LogP contribution is -2.41. The fourth-order valence-electron chi connectivity index (χ4n) is 3.20. The molecule has 1 fully saturated rings. The van der Waals surface area contributed by atoms with Crippen molar-refractivity contribution in [3.8, 4) is 0 Å². The van der Waals surface area contributed by atoms with Gasteiger partial charge in [0.25, 0.3) is 11.6 Å². The summed E-state index contributed by atoms with van der Waals surface area (Å²) in [7, 11) is 0. The maximum absolute atomic E-state index is 13.0. The Kier molecular flexibility index (Phi) is 6.64. The minimum atomic E-state index is -0.115. The normalized spacial score (nSPS) is 15.3. The van der Waals surface area contributed by atoms with Crippen molar-refractivity contribution >= 4 is 29.4 Å². The largest absolute Gasteiger partial charge is 0.348 e. The predicted octanol–water partition coefficient (Wildman–Crippen LogP) is 3.75. The molecule has 1 aliphatic carbocycles. The van der Waals surface area contributed by atoms with Crippen molar-refractivity contribution in [3.05, 3.63) is 23.0 Å². The third-order valence-electron chi connectivity index (χ3n) is 4.66. The van der Waals surface area contributed by atoms with Gasteiger partial charge in [-0.05, 0) is 37.2 Å². The van der Waals surface area contributed by atoms with Gasteiger partial charge in [-0.3, -0.25) is 4.79 Å². The lowest BCUT2D eigenvalue weighted by atomic mass is 10.00.